The van der Waals surface area contributed by atoms with E-state index in [0.29, 0.717) is 53.0 Å². The van der Waals surface area contributed by atoms with Gasteiger partial charge in [-0.2, -0.15) is 0 Å². The molecule has 0 bridgehead atoms. The average Bonchev–Trinajstić information content (AvgIpc) is 3.41. The van der Waals surface area contributed by atoms with Gasteiger partial charge in [-0.25, -0.2) is 17.6 Å². The van der Waals surface area contributed by atoms with Gasteiger partial charge in [0.15, 0.2) is 0 Å². The number of hydrogen-bond donors (Lipinski definition) is 1. The molecule has 1 N–H and O–H groups in total. The molecule has 1 aromatic heterocycles. The van der Waals surface area contributed by atoms with Crippen LogP contribution in [-0.4, -0.2) is 87.3 Å². The number of sulfonamides is 1. The highest BCUT2D eigenvalue weighted by Crippen LogP contribution is 2.42. The maximum Gasteiger partial charge on any atom is 0.410 e. The summed E-state index contributed by atoms with van der Waals surface area (Å²) in [6, 6.07) is 15.3. The van der Waals surface area contributed by atoms with Crippen molar-refractivity contribution in [1.82, 2.24) is 15.1 Å². The second kappa shape index (κ2) is 13.5. The molecule has 0 unspecified atom stereocenters. The van der Waals surface area contributed by atoms with Gasteiger partial charge in [0.05, 0.1) is 17.5 Å². The lowest BCUT2D eigenvalue weighted by molar-refractivity contribution is 0.00617. The van der Waals surface area contributed by atoms with Crippen molar-refractivity contribution in [3.63, 3.8) is 0 Å². The molecule has 1 fully saturated rings. The molecule has 1 aliphatic heterocycles. The van der Waals surface area contributed by atoms with E-state index in [0.717, 1.165) is 6.26 Å². The van der Waals surface area contributed by atoms with Crippen molar-refractivity contribution in [2.75, 3.05) is 43.8 Å². The molecule has 11 nitrogen and oxygen atoms in total. The molecule has 3 aromatic carbocycles. The molecular weight excluding hydrogens is 651 g/mol. The number of fused-ring (bicyclic) bond motifs is 1. The van der Waals surface area contributed by atoms with Crippen LogP contribution in [0, 0.1) is 5.82 Å². The molecule has 1 atom stereocenters. The first-order chi connectivity index (χ1) is 23.0. The van der Waals surface area contributed by atoms with Gasteiger partial charge in [-0.05, 0) is 82.6 Å². The largest absolute Gasteiger partial charge is 0.455 e. The van der Waals surface area contributed by atoms with E-state index >= 15 is 0 Å². The molecule has 0 aliphatic carbocycles. The number of furan rings is 1. The summed E-state index contributed by atoms with van der Waals surface area (Å²) in [7, 11) is -2.29. The maximum atomic E-state index is 13.9. The number of ether oxygens (including phenoxy) is 1. The van der Waals surface area contributed by atoms with E-state index in [9.17, 15) is 27.2 Å². The van der Waals surface area contributed by atoms with Crippen LogP contribution in [0.15, 0.2) is 65.1 Å². The zero-order valence-corrected chi connectivity index (χ0v) is 29.5. The third kappa shape index (κ3) is 7.41. The Labute approximate surface area is 285 Å². The van der Waals surface area contributed by atoms with Crippen LogP contribution in [0.1, 0.15) is 55.3 Å². The Hall–Kier alpha value is -4.91. The first-order valence-corrected chi connectivity index (χ1v) is 17.8. The Bertz CT molecular complexity index is 2020. The molecule has 0 radical (unpaired) electrons. The predicted octanol–water partition coefficient (Wildman–Crippen LogP) is 6.13. The van der Waals surface area contributed by atoms with Gasteiger partial charge < -0.3 is 24.3 Å². The lowest BCUT2D eigenvalue weighted by atomic mass is 9.96. The molecule has 0 spiro atoms. The minimum atomic E-state index is -3.77. The Kier molecular flexibility index (Phi) is 9.78. The monoisotopic (exact) mass is 692 g/mol. The third-order valence-corrected chi connectivity index (χ3v) is 9.54. The summed E-state index contributed by atoms with van der Waals surface area (Å²) in [5.41, 5.74) is 1.93. The van der Waals surface area contributed by atoms with Crippen LogP contribution in [-0.2, 0) is 14.8 Å². The number of rotatable bonds is 7. The lowest BCUT2D eigenvalue weighted by Crippen LogP contribution is -2.56. The highest BCUT2D eigenvalue weighted by Gasteiger charge is 2.33. The van der Waals surface area contributed by atoms with Crippen molar-refractivity contribution in [2.24, 2.45) is 0 Å². The number of nitrogens with zero attached hydrogens (tertiary/aromatic N) is 3. The number of carbonyl (C=O) groups is 3. The fourth-order valence-electron chi connectivity index (χ4n) is 6.05. The lowest BCUT2D eigenvalue weighted by Gasteiger charge is -2.40. The molecule has 1 aliphatic rings. The number of halogens is 1. The zero-order chi connectivity index (χ0) is 35.8. The van der Waals surface area contributed by atoms with Gasteiger partial charge in [-0.15, -0.1) is 0 Å². The van der Waals surface area contributed by atoms with Crippen molar-refractivity contribution in [3.8, 4) is 22.5 Å². The smallest absolute Gasteiger partial charge is 0.410 e. The number of carbonyl (C=O) groups excluding carboxylic acids is 3. The Morgan fingerprint density at radius 2 is 1.73 bits per heavy atom. The van der Waals surface area contributed by atoms with Crippen LogP contribution in [0.2, 0.25) is 0 Å². The van der Waals surface area contributed by atoms with Crippen molar-refractivity contribution in [2.45, 2.75) is 46.3 Å². The van der Waals surface area contributed by atoms with Gasteiger partial charge in [0, 0.05) is 67.4 Å². The SMILES string of the molecule is CCN(c1cc2oc(-c3ccc(F)cc3)c(C(=O)NC)c2cc1-c1cccc(C(=O)N2CCN(C(=O)OC(C)(C)C)C[C@@H]2C)c1)S(C)(=O)=O. The third-order valence-electron chi connectivity index (χ3n) is 8.28. The first-order valence-electron chi connectivity index (χ1n) is 16.0. The zero-order valence-electron chi connectivity index (χ0n) is 28.7. The van der Waals surface area contributed by atoms with Crippen LogP contribution in [0.5, 0.6) is 0 Å². The van der Waals surface area contributed by atoms with Gasteiger partial charge in [-0.1, -0.05) is 12.1 Å². The molecule has 2 heterocycles. The van der Waals surface area contributed by atoms with E-state index in [1.165, 1.54) is 35.6 Å². The minimum absolute atomic E-state index is 0.100. The molecule has 5 rings (SSSR count). The van der Waals surface area contributed by atoms with Crippen molar-refractivity contribution < 1.29 is 36.3 Å². The summed E-state index contributed by atoms with van der Waals surface area (Å²) in [6.45, 7) is 9.99. The summed E-state index contributed by atoms with van der Waals surface area (Å²) in [6.07, 6.45) is 0.672. The average molecular weight is 693 g/mol. The van der Waals surface area contributed by atoms with Gasteiger partial charge >= 0.3 is 6.09 Å². The van der Waals surface area contributed by atoms with Crippen LogP contribution >= 0.6 is 0 Å². The van der Waals surface area contributed by atoms with Crippen molar-refractivity contribution in [3.05, 3.63) is 77.6 Å². The number of amides is 3. The number of hydrogen-bond acceptors (Lipinski definition) is 7. The van der Waals surface area contributed by atoms with Gasteiger partial charge in [0.2, 0.25) is 10.0 Å². The van der Waals surface area contributed by atoms with E-state index in [-0.39, 0.29) is 35.4 Å². The van der Waals surface area contributed by atoms with Gasteiger partial charge in [0.1, 0.15) is 22.8 Å². The maximum absolute atomic E-state index is 13.9. The summed E-state index contributed by atoms with van der Waals surface area (Å²) >= 11 is 0. The molecule has 49 heavy (non-hydrogen) atoms. The van der Waals surface area contributed by atoms with Crippen LogP contribution in [0.4, 0.5) is 14.9 Å². The van der Waals surface area contributed by atoms with Crippen LogP contribution in [0.25, 0.3) is 33.4 Å². The second-order valence-electron chi connectivity index (χ2n) is 13.0. The van der Waals surface area contributed by atoms with E-state index in [4.69, 9.17) is 9.15 Å². The first kappa shape index (κ1) is 35.4. The van der Waals surface area contributed by atoms with Gasteiger partial charge in [0.25, 0.3) is 11.8 Å². The summed E-state index contributed by atoms with van der Waals surface area (Å²) in [4.78, 5) is 43.1. The van der Waals surface area contributed by atoms with E-state index in [2.05, 4.69) is 5.32 Å². The highest BCUT2D eigenvalue weighted by atomic mass is 32.2. The molecule has 13 heteroatoms. The number of anilines is 1. The van der Waals surface area contributed by atoms with E-state index in [1.807, 2.05) is 6.92 Å². The summed E-state index contributed by atoms with van der Waals surface area (Å²) in [5, 5.41) is 3.04. The van der Waals surface area contributed by atoms with E-state index < -0.39 is 33.4 Å². The molecule has 4 aromatic rings. The fourth-order valence-corrected chi connectivity index (χ4v) is 7.02. The van der Waals surface area contributed by atoms with E-state index in [1.54, 1.807) is 73.9 Å². The Balaban J connectivity index is 1.60. The summed E-state index contributed by atoms with van der Waals surface area (Å²) < 4.78 is 52.8. The topological polar surface area (TPSA) is 129 Å². The number of nitrogens with one attached hydrogen (secondary N) is 1. The second-order valence-corrected chi connectivity index (χ2v) is 14.9. The summed E-state index contributed by atoms with van der Waals surface area (Å²) in [5.74, 6) is -0.949. The highest BCUT2D eigenvalue weighted by molar-refractivity contribution is 7.92. The van der Waals surface area contributed by atoms with Crippen LogP contribution < -0.4 is 9.62 Å². The quantitative estimate of drug-likeness (QED) is 0.247. The van der Waals surface area contributed by atoms with Crippen LogP contribution in [0.3, 0.4) is 0 Å². The molecular formula is C36H41FN4O7S. The van der Waals surface area contributed by atoms with Gasteiger partial charge in [-0.3, -0.25) is 13.9 Å². The minimum Gasteiger partial charge on any atom is -0.455 e. The molecule has 0 saturated carbocycles. The Morgan fingerprint density at radius 1 is 1.04 bits per heavy atom. The standard InChI is InChI=1S/C36H41FN4O7S/c1-8-41(49(7,45)46)29-20-30-28(31(33(42)38-6)32(47-30)23-12-14-26(37)15-13-23)19-27(29)24-10-9-11-25(18-24)34(43)40-17-16-39(21-22(40)2)35(44)48-36(3,4)5/h9-15,18-20,22H,8,16-17,21H2,1-7H3,(H,38,42)/t22-/m0/s1. The fraction of sp³-hybridized carbons (Fsp3) is 0.361. The molecule has 1 saturated heterocycles. The number of piperazine rings is 1. The predicted molar refractivity (Wildman–Crippen MR) is 187 cm³/mol. The van der Waals surface area contributed by atoms with Crippen molar-refractivity contribution >= 4 is 44.6 Å². The number of benzene rings is 3. The van der Waals surface area contributed by atoms with Crippen molar-refractivity contribution in [1.29, 1.82) is 0 Å². The molecule has 260 valence electrons. The normalized spacial score (nSPS) is 15.3. The Morgan fingerprint density at radius 3 is 2.33 bits per heavy atom. The molecule has 3 amide bonds.